The zero-order chi connectivity index (χ0) is 14.4. The molecule has 3 N–H and O–H groups in total. The number of aromatic nitrogens is 1. The monoisotopic (exact) mass is 275 g/mol. The van der Waals surface area contributed by atoms with Gasteiger partial charge < -0.3 is 20.2 Å². The molecule has 20 heavy (non-hydrogen) atoms. The van der Waals surface area contributed by atoms with Gasteiger partial charge in [-0.3, -0.25) is 4.79 Å². The Bertz CT molecular complexity index is 563. The van der Waals surface area contributed by atoms with Crippen LogP contribution in [0.25, 0.3) is 0 Å². The Labute approximate surface area is 116 Å². The van der Waals surface area contributed by atoms with Gasteiger partial charge >= 0.3 is 0 Å². The molecule has 0 saturated heterocycles. The average Bonchev–Trinajstić information content (AvgIpc) is 2.90. The minimum atomic E-state index is -0.255. The zero-order valence-corrected chi connectivity index (χ0v) is 11.2. The summed E-state index contributed by atoms with van der Waals surface area (Å²) in [5, 5.41) is 14.8. The normalized spacial score (nSPS) is 10.4. The highest BCUT2D eigenvalue weighted by molar-refractivity contribution is 5.91. The second kappa shape index (κ2) is 6.72. The third kappa shape index (κ3) is 3.83. The number of amides is 1. The van der Waals surface area contributed by atoms with Gasteiger partial charge in [0.2, 0.25) is 5.89 Å². The molecule has 1 amide bonds. The molecular weight excluding hydrogens is 258 g/mol. The van der Waals surface area contributed by atoms with Crippen LogP contribution in [-0.2, 0) is 13.0 Å². The molecule has 1 aromatic heterocycles. The van der Waals surface area contributed by atoms with E-state index in [0.29, 0.717) is 25.4 Å². The first-order valence-corrected chi connectivity index (χ1v) is 6.34. The van der Waals surface area contributed by atoms with Crippen molar-refractivity contribution in [1.29, 1.82) is 0 Å². The summed E-state index contributed by atoms with van der Waals surface area (Å²) in [5.41, 5.74) is 1.32. The van der Waals surface area contributed by atoms with E-state index >= 15 is 0 Å². The third-order valence-electron chi connectivity index (χ3n) is 2.75. The quantitative estimate of drug-likeness (QED) is 0.734. The molecule has 0 fully saturated rings. The topological polar surface area (TPSA) is 87.4 Å². The molecule has 0 saturated carbocycles. The highest BCUT2D eigenvalue weighted by Gasteiger charge is 2.11. The van der Waals surface area contributed by atoms with Crippen LogP contribution in [0.1, 0.15) is 21.9 Å². The number of carbonyl (C=O) groups is 1. The van der Waals surface area contributed by atoms with Gasteiger partial charge in [0.15, 0.2) is 5.69 Å². The molecular formula is C14H17N3O3. The van der Waals surface area contributed by atoms with E-state index in [9.17, 15) is 9.90 Å². The second-order valence-corrected chi connectivity index (χ2v) is 4.33. The highest BCUT2D eigenvalue weighted by Crippen LogP contribution is 2.09. The number of rotatable bonds is 6. The Morgan fingerprint density at radius 1 is 1.35 bits per heavy atom. The maximum atomic E-state index is 11.8. The number of phenols is 1. The van der Waals surface area contributed by atoms with Crippen molar-refractivity contribution < 1.29 is 14.3 Å². The van der Waals surface area contributed by atoms with Crippen molar-refractivity contribution in [2.75, 3.05) is 13.6 Å². The first-order valence-electron chi connectivity index (χ1n) is 6.34. The van der Waals surface area contributed by atoms with Crippen molar-refractivity contribution in [2.24, 2.45) is 0 Å². The summed E-state index contributed by atoms with van der Waals surface area (Å²) in [7, 11) is 1.78. The molecule has 0 aliphatic rings. The Kier molecular flexibility index (Phi) is 4.73. The lowest BCUT2D eigenvalue weighted by atomic mass is 10.1. The summed E-state index contributed by atoms with van der Waals surface area (Å²) in [6, 6.07) is 6.89. The van der Waals surface area contributed by atoms with E-state index in [1.165, 1.54) is 6.26 Å². The van der Waals surface area contributed by atoms with E-state index in [4.69, 9.17) is 4.42 Å². The molecule has 0 aliphatic heterocycles. The standard InChI is InChI=1S/C14H17N3O3/c1-15-8-13-17-12(9-20-13)14(19)16-7-6-10-2-4-11(18)5-3-10/h2-5,9,15,18H,6-8H2,1H3,(H,16,19). The summed E-state index contributed by atoms with van der Waals surface area (Å²) in [5.74, 6) is 0.462. The molecule has 6 heteroatoms. The molecule has 1 aromatic carbocycles. The third-order valence-corrected chi connectivity index (χ3v) is 2.75. The second-order valence-electron chi connectivity index (χ2n) is 4.33. The van der Waals surface area contributed by atoms with Gasteiger partial charge in [-0.05, 0) is 31.2 Å². The number of nitrogens with zero attached hydrogens (tertiary/aromatic N) is 1. The van der Waals surface area contributed by atoms with Crippen molar-refractivity contribution in [3.63, 3.8) is 0 Å². The Balaban J connectivity index is 1.81. The molecule has 2 aromatic rings. The van der Waals surface area contributed by atoms with E-state index < -0.39 is 0 Å². The summed E-state index contributed by atoms with van der Waals surface area (Å²) in [6.07, 6.45) is 2.04. The van der Waals surface area contributed by atoms with Gasteiger partial charge in [0.05, 0.1) is 6.54 Å². The van der Waals surface area contributed by atoms with Crippen molar-refractivity contribution in [3.05, 3.63) is 47.7 Å². The molecule has 106 valence electrons. The van der Waals surface area contributed by atoms with Crippen LogP contribution in [0.3, 0.4) is 0 Å². The number of hydrogen-bond acceptors (Lipinski definition) is 5. The predicted molar refractivity (Wildman–Crippen MR) is 73.4 cm³/mol. The molecule has 0 radical (unpaired) electrons. The number of carbonyl (C=O) groups excluding carboxylic acids is 1. The van der Waals surface area contributed by atoms with E-state index in [1.807, 2.05) is 12.1 Å². The van der Waals surface area contributed by atoms with Gasteiger partial charge in [0, 0.05) is 6.54 Å². The lowest BCUT2D eigenvalue weighted by Crippen LogP contribution is -2.26. The van der Waals surface area contributed by atoms with Gasteiger partial charge in [-0.15, -0.1) is 0 Å². The number of aromatic hydroxyl groups is 1. The van der Waals surface area contributed by atoms with Crippen LogP contribution >= 0.6 is 0 Å². The molecule has 0 bridgehead atoms. The molecule has 1 heterocycles. The number of hydrogen-bond donors (Lipinski definition) is 3. The molecule has 0 spiro atoms. The van der Waals surface area contributed by atoms with Crippen molar-refractivity contribution in [3.8, 4) is 5.75 Å². The van der Waals surface area contributed by atoms with Gasteiger partial charge in [0.1, 0.15) is 12.0 Å². The minimum Gasteiger partial charge on any atom is -0.508 e. The molecule has 0 unspecified atom stereocenters. The first kappa shape index (κ1) is 14.1. The zero-order valence-electron chi connectivity index (χ0n) is 11.2. The highest BCUT2D eigenvalue weighted by atomic mass is 16.3. The fourth-order valence-electron chi connectivity index (χ4n) is 1.72. The summed E-state index contributed by atoms with van der Waals surface area (Å²) < 4.78 is 5.14. The average molecular weight is 275 g/mol. The number of phenolic OH excluding ortho intramolecular Hbond substituents is 1. The number of benzene rings is 1. The summed E-state index contributed by atoms with van der Waals surface area (Å²) >= 11 is 0. The van der Waals surface area contributed by atoms with Crippen LogP contribution in [0.4, 0.5) is 0 Å². The van der Waals surface area contributed by atoms with Crippen molar-refractivity contribution in [2.45, 2.75) is 13.0 Å². The Hall–Kier alpha value is -2.34. The van der Waals surface area contributed by atoms with Crippen LogP contribution in [0.15, 0.2) is 34.9 Å². The maximum absolute atomic E-state index is 11.8. The van der Waals surface area contributed by atoms with Gasteiger partial charge in [-0.2, -0.15) is 0 Å². The van der Waals surface area contributed by atoms with Crippen LogP contribution in [-0.4, -0.2) is 29.6 Å². The first-order chi connectivity index (χ1) is 9.69. The van der Waals surface area contributed by atoms with Gasteiger partial charge in [-0.1, -0.05) is 12.1 Å². The Morgan fingerprint density at radius 3 is 2.80 bits per heavy atom. The van der Waals surface area contributed by atoms with Gasteiger partial charge in [-0.25, -0.2) is 4.98 Å². The lowest BCUT2D eigenvalue weighted by Gasteiger charge is -2.03. The predicted octanol–water partition coefficient (Wildman–Crippen LogP) is 1.07. The number of oxazole rings is 1. The summed E-state index contributed by atoms with van der Waals surface area (Å²) in [6.45, 7) is 0.985. The lowest BCUT2D eigenvalue weighted by molar-refractivity contribution is 0.0949. The van der Waals surface area contributed by atoms with Crippen LogP contribution < -0.4 is 10.6 Å². The minimum absolute atomic E-state index is 0.234. The molecule has 0 aliphatic carbocycles. The van der Waals surface area contributed by atoms with Crippen molar-refractivity contribution in [1.82, 2.24) is 15.6 Å². The number of nitrogens with one attached hydrogen (secondary N) is 2. The SMILES string of the molecule is CNCc1nc(C(=O)NCCc2ccc(O)cc2)co1. The molecule has 0 atom stereocenters. The fourth-order valence-corrected chi connectivity index (χ4v) is 1.72. The molecule has 6 nitrogen and oxygen atoms in total. The van der Waals surface area contributed by atoms with Crippen LogP contribution in [0, 0.1) is 0 Å². The largest absolute Gasteiger partial charge is 0.508 e. The summed E-state index contributed by atoms with van der Waals surface area (Å²) in [4.78, 5) is 15.9. The van der Waals surface area contributed by atoms with E-state index in [1.54, 1.807) is 19.2 Å². The van der Waals surface area contributed by atoms with Crippen LogP contribution in [0.2, 0.25) is 0 Å². The fraction of sp³-hybridized carbons (Fsp3) is 0.286. The maximum Gasteiger partial charge on any atom is 0.273 e. The van der Waals surface area contributed by atoms with Gasteiger partial charge in [0.25, 0.3) is 5.91 Å². The smallest absolute Gasteiger partial charge is 0.273 e. The van der Waals surface area contributed by atoms with E-state index in [2.05, 4.69) is 15.6 Å². The Morgan fingerprint density at radius 2 is 2.10 bits per heavy atom. The van der Waals surface area contributed by atoms with Crippen molar-refractivity contribution >= 4 is 5.91 Å². The van der Waals surface area contributed by atoms with Crippen LogP contribution in [0.5, 0.6) is 5.75 Å². The molecule has 2 rings (SSSR count). The van der Waals surface area contributed by atoms with E-state index in [-0.39, 0.29) is 17.4 Å². The van der Waals surface area contributed by atoms with E-state index in [0.717, 1.165) is 5.56 Å².